The van der Waals surface area contributed by atoms with Crippen molar-refractivity contribution in [2.24, 2.45) is 0 Å². The van der Waals surface area contributed by atoms with Crippen LogP contribution in [-0.4, -0.2) is 44.2 Å². The minimum Gasteiger partial charge on any atom is -0.387 e. The Labute approximate surface area is 133 Å². The molecule has 2 heterocycles. The molecule has 1 amide bonds. The Bertz CT molecular complexity index is 619. The fraction of sp³-hybridized carbons (Fsp3) is 0.375. The van der Waals surface area contributed by atoms with Crippen LogP contribution in [0.3, 0.4) is 0 Å². The lowest BCUT2D eigenvalue weighted by atomic mass is 10.0. The quantitative estimate of drug-likeness (QED) is 0.877. The molecule has 116 valence electrons. The smallest absolute Gasteiger partial charge is 0.251 e. The van der Waals surface area contributed by atoms with Crippen LogP contribution in [0.2, 0.25) is 0 Å². The molecule has 0 aliphatic carbocycles. The molecule has 5 nitrogen and oxygen atoms in total. The van der Waals surface area contributed by atoms with Gasteiger partial charge in [0.2, 0.25) is 0 Å². The fourth-order valence-electron chi connectivity index (χ4n) is 2.44. The van der Waals surface area contributed by atoms with Crippen LogP contribution in [0.25, 0.3) is 0 Å². The van der Waals surface area contributed by atoms with Gasteiger partial charge in [-0.15, -0.1) is 0 Å². The SMILES string of the molecule is O=C(NCC1(O)CCSC1)c1ccc(Cn2ccnc2)cc1. The van der Waals surface area contributed by atoms with E-state index < -0.39 is 5.60 Å². The second kappa shape index (κ2) is 6.54. The largest absolute Gasteiger partial charge is 0.387 e. The molecule has 1 aliphatic rings. The molecule has 1 aliphatic heterocycles. The van der Waals surface area contributed by atoms with Crippen LogP contribution < -0.4 is 5.32 Å². The molecule has 0 saturated carbocycles. The summed E-state index contributed by atoms with van der Waals surface area (Å²) in [6, 6.07) is 7.51. The maximum absolute atomic E-state index is 12.1. The van der Waals surface area contributed by atoms with Crippen molar-refractivity contribution in [1.29, 1.82) is 0 Å². The molecular formula is C16H19N3O2S. The number of rotatable bonds is 5. The molecule has 2 aromatic rings. The van der Waals surface area contributed by atoms with Gasteiger partial charge in [-0.2, -0.15) is 11.8 Å². The molecule has 3 rings (SSSR count). The molecule has 0 radical (unpaired) electrons. The van der Waals surface area contributed by atoms with Crippen LogP contribution in [0.4, 0.5) is 0 Å². The van der Waals surface area contributed by atoms with E-state index in [0.717, 1.165) is 24.3 Å². The summed E-state index contributed by atoms with van der Waals surface area (Å²) in [4.78, 5) is 16.1. The average molecular weight is 317 g/mol. The number of hydrogen-bond donors (Lipinski definition) is 2. The number of carbonyl (C=O) groups excluding carboxylic acids is 1. The fourth-order valence-corrected chi connectivity index (χ4v) is 3.73. The Morgan fingerprint density at radius 2 is 2.23 bits per heavy atom. The highest BCUT2D eigenvalue weighted by molar-refractivity contribution is 7.99. The van der Waals surface area contributed by atoms with E-state index in [9.17, 15) is 9.90 Å². The first-order valence-electron chi connectivity index (χ1n) is 7.28. The summed E-state index contributed by atoms with van der Waals surface area (Å²) in [6.07, 6.45) is 6.15. The molecule has 6 heteroatoms. The molecule has 1 aromatic carbocycles. The molecule has 1 fully saturated rings. The number of benzene rings is 1. The first-order valence-corrected chi connectivity index (χ1v) is 8.43. The number of imidazole rings is 1. The normalized spacial score (nSPS) is 21.0. The first-order chi connectivity index (χ1) is 10.6. The standard InChI is InChI=1S/C16H19N3O2S/c20-15(18-10-16(21)5-8-22-11-16)14-3-1-13(2-4-14)9-19-7-6-17-12-19/h1-4,6-7,12,21H,5,8-11H2,(H,18,20). The topological polar surface area (TPSA) is 67.2 Å². The number of carbonyl (C=O) groups is 1. The number of thioether (sulfide) groups is 1. The maximum Gasteiger partial charge on any atom is 0.251 e. The third-order valence-electron chi connectivity index (χ3n) is 3.80. The van der Waals surface area contributed by atoms with E-state index in [2.05, 4.69) is 10.3 Å². The van der Waals surface area contributed by atoms with E-state index in [-0.39, 0.29) is 5.91 Å². The highest BCUT2D eigenvalue weighted by Gasteiger charge is 2.31. The monoisotopic (exact) mass is 317 g/mol. The number of hydrogen-bond acceptors (Lipinski definition) is 4. The highest BCUT2D eigenvalue weighted by atomic mass is 32.2. The number of nitrogens with zero attached hydrogens (tertiary/aromatic N) is 2. The first kappa shape index (κ1) is 15.1. The van der Waals surface area contributed by atoms with E-state index in [0.29, 0.717) is 17.9 Å². The summed E-state index contributed by atoms with van der Waals surface area (Å²) < 4.78 is 1.97. The lowest BCUT2D eigenvalue weighted by Gasteiger charge is -2.21. The molecule has 1 atom stereocenters. The minimum atomic E-state index is -0.748. The van der Waals surface area contributed by atoms with Crippen LogP contribution in [0.1, 0.15) is 22.3 Å². The van der Waals surface area contributed by atoms with Gasteiger partial charge >= 0.3 is 0 Å². The van der Waals surface area contributed by atoms with Gasteiger partial charge in [0.25, 0.3) is 5.91 Å². The van der Waals surface area contributed by atoms with Gasteiger partial charge in [0, 0.05) is 36.8 Å². The lowest BCUT2D eigenvalue weighted by molar-refractivity contribution is 0.0612. The van der Waals surface area contributed by atoms with Crippen molar-refractivity contribution in [1.82, 2.24) is 14.9 Å². The zero-order chi connectivity index (χ0) is 15.4. The Morgan fingerprint density at radius 1 is 1.41 bits per heavy atom. The van der Waals surface area contributed by atoms with Gasteiger partial charge < -0.3 is 15.0 Å². The maximum atomic E-state index is 12.1. The second-order valence-electron chi connectivity index (χ2n) is 5.64. The molecule has 1 unspecified atom stereocenters. The van der Waals surface area contributed by atoms with Crippen molar-refractivity contribution < 1.29 is 9.90 Å². The molecule has 0 spiro atoms. The van der Waals surface area contributed by atoms with Crippen molar-refractivity contribution in [2.75, 3.05) is 18.1 Å². The summed E-state index contributed by atoms with van der Waals surface area (Å²) in [7, 11) is 0. The van der Waals surface area contributed by atoms with E-state index in [1.165, 1.54) is 0 Å². The van der Waals surface area contributed by atoms with Gasteiger partial charge in [0.05, 0.1) is 11.9 Å². The Hall–Kier alpha value is -1.79. The van der Waals surface area contributed by atoms with Crippen molar-refractivity contribution in [2.45, 2.75) is 18.6 Å². The van der Waals surface area contributed by atoms with Gasteiger partial charge in [-0.3, -0.25) is 4.79 Å². The second-order valence-corrected chi connectivity index (χ2v) is 6.75. The van der Waals surface area contributed by atoms with Crippen LogP contribution in [0.5, 0.6) is 0 Å². The molecule has 1 saturated heterocycles. The summed E-state index contributed by atoms with van der Waals surface area (Å²) in [5.74, 6) is 1.51. The molecule has 0 bridgehead atoms. The predicted molar refractivity (Wildman–Crippen MR) is 87.0 cm³/mol. The van der Waals surface area contributed by atoms with Gasteiger partial charge in [0.1, 0.15) is 0 Å². The van der Waals surface area contributed by atoms with Gasteiger partial charge in [-0.25, -0.2) is 4.98 Å². The Kier molecular flexibility index (Phi) is 4.49. The van der Waals surface area contributed by atoms with Crippen LogP contribution >= 0.6 is 11.8 Å². The predicted octanol–water partition coefficient (Wildman–Crippen LogP) is 1.53. The third kappa shape index (κ3) is 3.69. The van der Waals surface area contributed by atoms with Crippen molar-refractivity contribution in [3.05, 3.63) is 54.1 Å². The van der Waals surface area contributed by atoms with Crippen LogP contribution in [-0.2, 0) is 6.54 Å². The van der Waals surface area contributed by atoms with Gasteiger partial charge in [-0.1, -0.05) is 12.1 Å². The lowest BCUT2D eigenvalue weighted by Crippen LogP contribution is -2.42. The zero-order valence-corrected chi connectivity index (χ0v) is 13.1. The van der Waals surface area contributed by atoms with E-state index in [1.54, 1.807) is 24.3 Å². The number of nitrogens with one attached hydrogen (secondary N) is 1. The summed E-state index contributed by atoms with van der Waals surface area (Å²) >= 11 is 1.72. The van der Waals surface area contributed by atoms with Crippen molar-refractivity contribution in [3.8, 4) is 0 Å². The highest BCUT2D eigenvalue weighted by Crippen LogP contribution is 2.27. The molecule has 2 N–H and O–H groups in total. The summed E-state index contributed by atoms with van der Waals surface area (Å²) in [6.45, 7) is 1.05. The minimum absolute atomic E-state index is 0.139. The number of aromatic nitrogens is 2. The van der Waals surface area contributed by atoms with Crippen LogP contribution in [0, 0.1) is 0 Å². The molecule has 1 aromatic heterocycles. The number of amides is 1. The van der Waals surface area contributed by atoms with E-state index in [1.807, 2.05) is 35.0 Å². The molecule has 22 heavy (non-hydrogen) atoms. The Morgan fingerprint density at radius 3 is 2.86 bits per heavy atom. The average Bonchev–Trinajstić information content (AvgIpc) is 3.18. The van der Waals surface area contributed by atoms with Crippen LogP contribution in [0.15, 0.2) is 43.0 Å². The van der Waals surface area contributed by atoms with Crippen molar-refractivity contribution in [3.63, 3.8) is 0 Å². The zero-order valence-electron chi connectivity index (χ0n) is 12.2. The molecular weight excluding hydrogens is 298 g/mol. The number of aliphatic hydroxyl groups is 1. The van der Waals surface area contributed by atoms with Gasteiger partial charge in [-0.05, 0) is 29.9 Å². The van der Waals surface area contributed by atoms with E-state index >= 15 is 0 Å². The Balaban J connectivity index is 1.56. The van der Waals surface area contributed by atoms with Crippen molar-refractivity contribution >= 4 is 17.7 Å². The third-order valence-corrected chi connectivity index (χ3v) is 5.04. The summed E-state index contributed by atoms with van der Waals surface area (Å²) in [5.41, 5.74) is 0.978. The van der Waals surface area contributed by atoms with Gasteiger partial charge in [0.15, 0.2) is 0 Å². The summed E-state index contributed by atoms with van der Waals surface area (Å²) in [5, 5.41) is 13.1. The van der Waals surface area contributed by atoms with E-state index in [4.69, 9.17) is 0 Å².